The van der Waals surface area contributed by atoms with Crippen LogP contribution in [0.15, 0.2) is 23.2 Å². The molecular weight excluding hydrogens is 476 g/mol. The number of nitrogens with zero attached hydrogens (tertiary/aromatic N) is 1. The van der Waals surface area contributed by atoms with Gasteiger partial charge in [-0.15, -0.1) is 24.0 Å². The van der Waals surface area contributed by atoms with Crippen LogP contribution in [0, 0.1) is 0 Å². The first-order valence-electron chi connectivity index (χ1n) is 8.21. The molecule has 142 valence electrons. The van der Waals surface area contributed by atoms with Gasteiger partial charge in [-0.25, -0.2) is 0 Å². The van der Waals surface area contributed by atoms with E-state index in [0.29, 0.717) is 35.8 Å². The molecule has 1 saturated heterocycles. The summed E-state index contributed by atoms with van der Waals surface area (Å²) in [4.78, 5) is 4.22. The Hall–Kier alpha value is -0.280. The van der Waals surface area contributed by atoms with Crippen molar-refractivity contribution in [2.24, 2.45) is 4.99 Å². The van der Waals surface area contributed by atoms with Crippen LogP contribution in [0.1, 0.15) is 31.4 Å². The zero-order chi connectivity index (χ0) is 17.4. The number of rotatable bonds is 7. The zero-order valence-electron chi connectivity index (χ0n) is 14.6. The van der Waals surface area contributed by atoms with Crippen LogP contribution in [0.3, 0.4) is 0 Å². The molecule has 25 heavy (non-hydrogen) atoms. The molecule has 0 bridgehead atoms. The predicted octanol–water partition coefficient (Wildman–Crippen LogP) is 4.03. The molecule has 0 amide bonds. The second-order valence-corrected chi connectivity index (χ2v) is 6.56. The van der Waals surface area contributed by atoms with Crippen LogP contribution in [0.2, 0.25) is 10.0 Å². The van der Waals surface area contributed by atoms with Crippen LogP contribution >= 0.6 is 47.2 Å². The van der Waals surface area contributed by atoms with E-state index in [4.69, 9.17) is 32.7 Å². The summed E-state index contributed by atoms with van der Waals surface area (Å²) < 4.78 is 11.1. The van der Waals surface area contributed by atoms with Crippen molar-refractivity contribution >= 4 is 53.1 Å². The molecule has 2 unspecified atom stereocenters. The summed E-state index contributed by atoms with van der Waals surface area (Å²) in [7, 11) is 1.74. The minimum Gasteiger partial charge on any atom is -0.377 e. The summed E-state index contributed by atoms with van der Waals surface area (Å²) in [6.45, 7) is 4.85. The van der Waals surface area contributed by atoms with E-state index in [1.165, 1.54) is 0 Å². The first-order chi connectivity index (χ1) is 11.6. The highest BCUT2D eigenvalue weighted by molar-refractivity contribution is 14.0. The molecule has 2 N–H and O–H groups in total. The Kier molecular flexibility index (Phi) is 11.1. The quantitative estimate of drug-likeness (QED) is 0.256. The van der Waals surface area contributed by atoms with Gasteiger partial charge in [0.25, 0.3) is 0 Å². The normalized spacial score (nSPS) is 18.6. The van der Waals surface area contributed by atoms with Crippen LogP contribution in [0.25, 0.3) is 0 Å². The Balaban J connectivity index is 0.00000312. The summed E-state index contributed by atoms with van der Waals surface area (Å²) in [6.07, 6.45) is 2.49. The monoisotopic (exact) mass is 501 g/mol. The van der Waals surface area contributed by atoms with E-state index in [2.05, 4.69) is 15.6 Å². The smallest absolute Gasteiger partial charge is 0.191 e. The van der Waals surface area contributed by atoms with Gasteiger partial charge in [0.05, 0.1) is 35.4 Å². The summed E-state index contributed by atoms with van der Waals surface area (Å²) >= 11 is 12.0. The molecule has 0 aliphatic carbocycles. The van der Waals surface area contributed by atoms with E-state index in [1.54, 1.807) is 13.1 Å². The van der Waals surface area contributed by atoms with Crippen molar-refractivity contribution < 1.29 is 9.47 Å². The Morgan fingerprint density at radius 2 is 2.20 bits per heavy atom. The molecule has 1 aliphatic rings. The van der Waals surface area contributed by atoms with E-state index in [-0.39, 0.29) is 36.1 Å². The number of aliphatic imine (C=N–C) groups is 1. The van der Waals surface area contributed by atoms with Gasteiger partial charge in [0, 0.05) is 20.2 Å². The van der Waals surface area contributed by atoms with Gasteiger partial charge in [0.15, 0.2) is 5.96 Å². The number of hydrogen-bond donors (Lipinski definition) is 2. The third kappa shape index (κ3) is 7.86. The number of guanidine groups is 1. The Morgan fingerprint density at radius 1 is 1.40 bits per heavy atom. The average Bonchev–Trinajstić information content (AvgIpc) is 3.09. The minimum atomic E-state index is 0. The molecular formula is C17H26Cl2IN3O2. The topological polar surface area (TPSA) is 54.9 Å². The van der Waals surface area contributed by atoms with Crippen LogP contribution in [-0.4, -0.2) is 45.5 Å². The third-order valence-corrected chi connectivity index (χ3v) is 4.63. The molecule has 0 aromatic heterocycles. The van der Waals surface area contributed by atoms with Crippen LogP contribution in [0.5, 0.6) is 0 Å². The van der Waals surface area contributed by atoms with Crippen molar-refractivity contribution in [3.63, 3.8) is 0 Å². The molecule has 0 radical (unpaired) electrons. The maximum atomic E-state index is 6.07. The number of benzene rings is 1. The fraction of sp³-hybridized carbons (Fsp3) is 0.588. The van der Waals surface area contributed by atoms with Gasteiger partial charge in [-0.3, -0.25) is 4.99 Å². The molecule has 0 spiro atoms. The highest BCUT2D eigenvalue weighted by Crippen LogP contribution is 2.25. The van der Waals surface area contributed by atoms with Gasteiger partial charge >= 0.3 is 0 Å². The van der Waals surface area contributed by atoms with Gasteiger partial charge < -0.3 is 20.1 Å². The Morgan fingerprint density at radius 3 is 2.84 bits per heavy atom. The van der Waals surface area contributed by atoms with Crippen molar-refractivity contribution in [2.45, 2.75) is 31.9 Å². The SMILES string of the molecule is CN=C(NCCOCC1CCCO1)NC(C)c1ccc(Cl)c(Cl)c1.I. The second-order valence-electron chi connectivity index (χ2n) is 5.75. The van der Waals surface area contributed by atoms with E-state index in [9.17, 15) is 0 Å². The average molecular weight is 502 g/mol. The van der Waals surface area contributed by atoms with Crippen LogP contribution in [-0.2, 0) is 9.47 Å². The molecule has 1 aromatic rings. The van der Waals surface area contributed by atoms with Crippen molar-refractivity contribution in [2.75, 3.05) is 33.4 Å². The highest BCUT2D eigenvalue weighted by atomic mass is 127. The standard InChI is InChI=1S/C17H25Cl2N3O2.HI/c1-12(13-5-6-15(18)16(19)10-13)22-17(20-2)21-7-9-23-11-14-4-3-8-24-14;/h5-6,10,12,14H,3-4,7-9,11H2,1-2H3,(H2,20,21,22);1H. The predicted molar refractivity (Wildman–Crippen MR) is 115 cm³/mol. The summed E-state index contributed by atoms with van der Waals surface area (Å²) in [6, 6.07) is 5.66. The molecule has 2 rings (SSSR count). The highest BCUT2D eigenvalue weighted by Gasteiger charge is 2.15. The lowest BCUT2D eigenvalue weighted by atomic mass is 10.1. The molecule has 8 heteroatoms. The first-order valence-corrected chi connectivity index (χ1v) is 8.97. The second kappa shape index (κ2) is 12.2. The zero-order valence-corrected chi connectivity index (χ0v) is 18.4. The van der Waals surface area contributed by atoms with Crippen molar-refractivity contribution in [1.82, 2.24) is 10.6 Å². The maximum absolute atomic E-state index is 6.07. The van der Waals surface area contributed by atoms with Crippen LogP contribution in [0.4, 0.5) is 0 Å². The number of nitrogens with one attached hydrogen (secondary N) is 2. The van der Waals surface area contributed by atoms with E-state index in [1.807, 2.05) is 19.1 Å². The van der Waals surface area contributed by atoms with Gasteiger partial charge in [-0.2, -0.15) is 0 Å². The minimum absolute atomic E-state index is 0. The summed E-state index contributed by atoms with van der Waals surface area (Å²) in [5.74, 6) is 0.717. The molecule has 0 saturated carbocycles. The Bertz CT molecular complexity index is 555. The molecule has 1 aliphatic heterocycles. The lowest BCUT2D eigenvalue weighted by Crippen LogP contribution is -2.40. The summed E-state index contributed by atoms with van der Waals surface area (Å²) in [5.41, 5.74) is 1.04. The third-order valence-electron chi connectivity index (χ3n) is 3.89. The van der Waals surface area contributed by atoms with Crippen molar-refractivity contribution in [1.29, 1.82) is 0 Å². The number of ether oxygens (including phenoxy) is 2. The fourth-order valence-electron chi connectivity index (χ4n) is 2.50. The summed E-state index contributed by atoms with van der Waals surface area (Å²) in [5, 5.41) is 7.66. The molecule has 1 heterocycles. The van der Waals surface area contributed by atoms with Crippen molar-refractivity contribution in [3.05, 3.63) is 33.8 Å². The largest absolute Gasteiger partial charge is 0.377 e. The molecule has 2 atom stereocenters. The lowest BCUT2D eigenvalue weighted by Gasteiger charge is -2.19. The van der Waals surface area contributed by atoms with Gasteiger partial charge in [-0.1, -0.05) is 29.3 Å². The fourth-order valence-corrected chi connectivity index (χ4v) is 2.80. The van der Waals surface area contributed by atoms with Gasteiger partial charge in [-0.05, 0) is 37.5 Å². The van der Waals surface area contributed by atoms with E-state index in [0.717, 1.165) is 25.0 Å². The first kappa shape index (κ1) is 22.8. The number of hydrogen-bond acceptors (Lipinski definition) is 3. The van der Waals surface area contributed by atoms with Gasteiger partial charge in [0.1, 0.15) is 0 Å². The number of halogens is 3. The van der Waals surface area contributed by atoms with E-state index < -0.39 is 0 Å². The molecule has 5 nitrogen and oxygen atoms in total. The van der Waals surface area contributed by atoms with Gasteiger partial charge in [0.2, 0.25) is 0 Å². The van der Waals surface area contributed by atoms with Crippen LogP contribution < -0.4 is 10.6 Å². The Labute approximate surface area is 176 Å². The maximum Gasteiger partial charge on any atom is 0.191 e. The molecule has 1 aromatic carbocycles. The lowest BCUT2D eigenvalue weighted by molar-refractivity contribution is 0.0191. The van der Waals surface area contributed by atoms with E-state index >= 15 is 0 Å². The van der Waals surface area contributed by atoms with Crippen molar-refractivity contribution in [3.8, 4) is 0 Å². The molecule has 1 fully saturated rings.